The minimum atomic E-state index is -0.164. The number of aryl methyl sites for hydroxylation is 2. The number of fused-ring (bicyclic) bond motifs is 2. The Morgan fingerprint density at radius 3 is 1.24 bits per heavy atom. The van der Waals surface area contributed by atoms with Crippen LogP contribution in [0.5, 0.6) is 0 Å². The number of para-hydroxylation sites is 2. The Kier molecular flexibility index (Phi) is 5.94. The molecule has 0 fully saturated rings. The molecule has 8 heteroatoms. The summed E-state index contributed by atoms with van der Waals surface area (Å²) < 4.78 is 0. The molecule has 2 aliphatic heterocycles. The van der Waals surface area contributed by atoms with Gasteiger partial charge in [0, 0.05) is 40.6 Å². The quantitative estimate of drug-likeness (QED) is 0.185. The fourth-order valence-electron chi connectivity index (χ4n) is 5.57. The molecule has 0 unspecified atom stereocenters. The highest BCUT2D eigenvalue weighted by atomic mass is 32.1. The Morgan fingerprint density at radius 2 is 0.881 bits per heavy atom. The summed E-state index contributed by atoms with van der Waals surface area (Å²) >= 11 is 6.66. The van der Waals surface area contributed by atoms with Crippen molar-refractivity contribution in [2.24, 2.45) is 0 Å². The van der Waals surface area contributed by atoms with Crippen molar-refractivity contribution in [2.75, 3.05) is 9.80 Å². The minimum absolute atomic E-state index is 0.164. The van der Waals surface area contributed by atoms with Gasteiger partial charge in [-0.1, -0.05) is 36.4 Å². The molecule has 0 atom stereocenters. The van der Waals surface area contributed by atoms with E-state index in [1.807, 2.05) is 60.7 Å². The highest BCUT2D eigenvalue weighted by molar-refractivity contribution is 7.24. The van der Waals surface area contributed by atoms with Crippen LogP contribution in [0.2, 0.25) is 0 Å². The van der Waals surface area contributed by atoms with Gasteiger partial charge in [-0.15, -0.1) is 45.3 Å². The highest BCUT2D eigenvalue weighted by Gasteiger charge is 2.45. The maximum absolute atomic E-state index is 14.5. The SMILES string of the molecule is Cc1ccc(-c2cc3c(s2)/C(=C2\C(=O)N(c4ccccc4)c4cc(-c5ccc(C)s5)sc42)C(=O)N3c2ccccc2)s1. The Morgan fingerprint density at radius 1 is 0.476 bits per heavy atom. The van der Waals surface area contributed by atoms with E-state index in [0.29, 0.717) is 11.1 Å². The molecule has 0 N–H and O–H groups in total. The summed E-state index contributed by atoms with van der Waals surface area (Å²) in [6, 6.07) is 32.1. The third kappa shape index (κ3) is 3.90. The van der Waals surface area contributed by atoms with Gasteiger partial charge in [-0.3, -0.25) is 19.4 Å². The zero-order chi connectivity index (χ0) is 28.5. The van der Waals surface area contributed by atoms with Crippen molar-refractivity contribution < 1.29 is 9.59 Å². The first-order valence-corrected chi connectivity index (χ1v) is 16.7. The summed E-state index contributed by atoms with van der Waals surface area (Å²) in [4.78, 5) is 41.1. The van der Waals surface area contributed by atoms with Crippen molar-refractivity contribution in [1.82, 2.24) is 0 Å². The van der Waals surface area contributed by atoms with E-state index in [2.05, 4.69) is 50.2 Å². The van der Waals surface area contributed by atoms with Crippen molar-refractivity contribution in [1.29, 1.82) is 0 Å². The fourth-order valence-corrected chi connectivity index (χ4v) is 9.84. The zero-order valence-corrected chi connectivity index (χ0v) is 25.8. The summed E-state index contributed by atoms with van der Waals surface area (Å²) in [5.41, 5.74) is 4.21. The summed E-state index contributed by atoms with van der Waals surface area (Å²) in [6.07, 6.45) is 0. The highest BCUT2D eigenvalue weighted by Crippen LogP contribution is 2.57. The summed E-state index contributed by atoms with van der Waals surface area (Å²) in [7, 11) is 0. The van der Waals surface area contributed by atoms with Crippen LogP contribution in [-0.2, 0) is 9.59 Å². The van der Waals surface area contributed by atoms with Crippen molar-refractivity contribution in [3.8, 4) is 19.5 Å². The van der Waals surface area contributed by atoms with Crippen LogP contribution >= 0.6 is 45.3 Å². The number of amides is 2. The van der Waals surface area contributed by atoms with E-state index in [1.165, 1.54) is 9.75 Å². The van der Waals surface area contributed by atoms with Gasteiger partial charge in [-0.05, 0) is 74.5 Å². The molecule has 2 aromatic carbocycles. The lowest BCUT2D eigenvalue weighted by atomic mass is 10.1. The molecule has 0 saturated heterocycles. The second-order valence-corrected chi connectivity index (χ2v) is 14.9. The van der Waals surface area contributed by atoms with Crippen LogP contribution < -0.4 is 9.80 Å². The Bertz CT molecular complexity index is 1910. The summed E-state index contributed by atoms with van der Waals surface area (Å²) in [5, 5.41) is 0. The lowest BCUT2D eigenvalue weighted by molar-refractivity contribution is -0.114. The van der Waals surface area contributed by atoms with Gasteiger partial charge in [-0.2, -0.15) is 0 Å². The third-order valence-corrected chi connectivity index (χ3v) is 12.1. The number of anilines is 4. The second-order valence-electron chi connectivity index (χ2n) is 10.2. The standard InChI is InChI=1S/C34H22N2O2S4/c1-19-13-15-25(39-19)27-17-23-31(41-27)29(33(37)35(23)21-9-5-3-6-10-21)30-32-24(18-28(42-32)26-16-14-20(2)40-26)36(34(30)38)22-11-7-4-8-12-22/h3-18H,1-2H3/b30-29+. The van der Waals surface area contributed by atoms with Crippen LogP contribution in [0, 0.1) is 13.8 Å². The molecule has 4 aromatic heterocycles. The summed E-state index contributed by atoms with van der Waals surface area (Å²) in [6.45, 7) is 4.20. The number of thiophene rings is 4. The lowest BCUT2D eigenvalue weighted by Gasteiger charge is -2.17. The molecule has 2 amide bonds. The lowest BCUT2D eigenvalue weighted by Crippen LogP contribution is -2.24. The number of carbonyl (C=O) groups excluding carboxylic acids is 2. The molecule has 0 bridgehead atoms. The van der Waals surface area contributed by atoms with Crippen molar-refractivity contribution >= 4 is 91.1 Å². The van der Waals surface area contributed by atoms with Crippen LogP contribution in [0.1, 0.15) is 19.5 Å². The van der Waals surface area contributed by atoms with Gasteiger partial charge in [0.1, 0.15) is 0 Å². The van der Waals surface area contributed by atoms with E-state index in [9.17, 15) is 9.59 Å². The summed E-state index contributed by atoms with van der Waals surface area (Å²) in [5.74, 6) is -0.329. The maximum Gasteiger partial charge on any atom is 0.265 e. The minimum Gasteiger partial charge on any atom is -0.275 e. The van der Waals surface area contributed by atoms with E-state index in [0.717, 1.165) is 52.0 Å². The molecule has 6 aromatic rings. The first-order valence-electron chi connectivity index (χ1n) is 13.4. The Balaban J connectivity index is 1.39. The molecule has 4 nitrogen and oxygen atoms in total. The molecule has 0 aliphatic carbocycles. The topological polar surface area (TPSA) is 40.6 Å². The largest absolute Gasteiger partial charge is 0.275 e. The van der Waals surface area contributed by atoms with Gasteiger partial charge in [-0.25, -0.2) is 0 Å². The maximum atomic E-state index is 14.5. The van der Waals surface area contributed by atoms with E-state index < -0.39 is 0 Å². The van der Waals surface area contributed by atoms with Crippen LogP contribution in [-0.4, -0.2) is 11.8 Å². The van der Waals surface area contributed by atoms with Gasteiger partial charge in [0.15, 0.2) is 0 Å². The van der Waals surface area contributed by atoms with E-state index >= 15 is 0 Å². The van der Waals surface area contributed by atoms with Crippen LogP contribution in [0.25, 0.3) is 30.7 Å². The first kappa shape index (κ1) is 25.6. The molecule has 42 heavy (non-hydrogen) atoms. The van der Waals surface area contributed by atoms with E-state index in [1.54, 1.807) is 55.1 Å². The van der Waals surface area contributed by atoms with Gasteiger partial charge < -0.3 is 0 Å². The number of benzene rings is 2. The number of rotatable bonds is 4. The Labute approximate surface area is 259 Å². The molecule has 0 spiro atoms. The molecule has 0 radical (unpaired) electrons. The predicted octanol–water partition coefficient (Wildman–Crippen LogP) is 10.2. The smallest absolute Gasteiger partial charge is 0.265 e. The number of nitrogens with zero attached hydrogens (tertiary/aromatic N) is 2. The molecule has 6 heterocycles. The number of carbonyl (C=O) groups is 2. The molecule has 204 valence electrons. The average molecular weight is 619 g/mol. The van der Waals surface area contributed by atoms with Crippen molar-refractivity contribution in [3.63, 3.8) is 0 Å². The molecule has 0 saturated carbocycles. The van der Waals surface area contributed by atoms with Crippen LogP contribution in [0.4, 0.5) is 22.7 Å². The normalized spacial score (nSPS) is 16.0. The molecule has 8 rings (SSSR count). The molecular weight excluding hydrogens is 597 g/mol. The Hall–Kier alpha value is -4.08. The van der Waals surface area contributed by atoms with E-state index in [4.69, 9.17) is 0 Å². The van der Waals surface area contributed by atoms with E-state index in [-0.39, 0.29) is 11.8 Å². The second kappa shape index (κ2) is 9.74. The number of hydrogen-bond donors (Lipinski definition) is 0. The fraction of sp³-hybridized carbons (Fsp3) is 0.0588. The van der Waals surface area contributed by atoms with Crippen LogP contribution in [0.15, 0.2) is 97.1 Å². The number of hydrogen-bond acceptors (Lipinski definition) is 6. The molecule has 2 aliphatic rings. The first-order chi connectivity index (χ1) is 20.5. The average Bonchev–Trinajstić information content (AvgIpc) is 3.83. The van der Waals surface area contributed by atoms with Crippen LogP contribution in [0.3, 0.4) is 0 Å². The zero-order valence-electron chi connectivity index (χ0n) is 22.6. The van der Waals surface area contributed by atoms with Crippen molar-refractivity contribution in [3.05, 3.63) is 117 Å². The van der Waals surface area contributed by atoms with Gasteiger partial charge in [0.25, 0.3) is 11.8 Å². The van der Waals surface area contributed by atoms with Gasteiger partial charge in [0.05, 0.1) is 32.3 Å². The monoisotopic (exact) mass is 618 g/mol. The third-order valence-electron chi connectivity index (χ3n) is 7.44. The predicted molar refractivity (Wildman–Crippen MR) is 179 cm³/mol. The van der Waals surface area contributed by atoms with Gasteiger partial charge >= 0.3 is 0 Å². The molecular formula is C34H22N2O2S4. The van der Waals surface area contributed by atoms with Gasteiger partial charge in [0.2, 0.25) is 0 Å². The van der Waals surface area contributed by atoms with Crippen molar-refractivity contribution in [2.45, 2.75) is 13.8 Å².